The Kier molecular flexibility index (Phi) is 50.9. The molecule has 0 aromatic carbocycles. The second-order valence-electron chi connectivity index (χ2n) is 17.7. The molecule has 376 valence electrons. The maximum absolute atomic E-state index is 12.8. The zero-order chi connectivity index (χ0) is 47.9. The van der Waals surface area contributed by atoms with Gasteiger partial charge in [0.25, 0.3) is 0 Å². The van der Waals surface area contributed by atoms with Crippen LogP contribution in [0.15, 0.2) is 97.2 Å². The number of hydrogen-bond donors (Lipinski definition) is 0. The smallest absolute Gasteiger partial charge is 0.306 e. The predicted octanol–water partition coefficient (Wildman–Crippen LogP) is 18.1. The summed E-state index contributed by atoms with van der Waals surface area (Å²) < 4.78 is 16.8. The number of esters is 3. The Morgan fingerprint density at radius 1 is 0.318 bits per heavy atom. The van der Waals surface area contributed by atoms with E-state index >= 15 is 0 Å². The fourth-order valence-corrected chi connectivity index (χ4v) is 7.27. The molecule has 0 aromatic heterocycles. The molecule has 0 spiro atoms. The highest BCUT2D eigenvalue weighted by Gasteiger charge is 2.19. The molecule has 0 aliphatic heterocycles. The lowest BCUT2D eigenvalue weighted by molar-refractivity contribution is -0.167. The van der Waals surface area contributed by atoms with Crippen LogP contribution in [0.4, 0.5) is 0 Å². The lowest BCUT2D eigenvalue weighted by Gasteiger charge is -2.18. The first-order valence-electron chi connectivity index (χ1n) is 27.2. The SMILES string of the molecule is CC/C=C\C/C=C\C/C=C\C/C=C\C/C=C\CCCC(=O)OCC(COC(=O)CCCCCCCCC/C=C\C/C=C\CC)OC(=O)CCCCCCCCC/C=C\CCCCCCCC. The molecule has 0 fully saturated rings. The van der Waals surface area contributed by atoms with Crippen LogP contribution in [0.5, 0.6) is 0 Å². The predicted molar refractivity (Wildman–Crippen MR) is 284 cm³/mol. The minimum atomic E-state index is -0.807. The van der Waals surface area contributed by atoms with Gasteiger partial charge in [0.15, 0.2) is 6.10 Å². The van der Waals surface area contributed by atoms with Crippen molar-refractivity contribution in [3.63, 3.8) is 0 Å². The highest BCUT2D eigenvalue weighted by atomic mass is 16.6. The molecule has 0 amide bonds. The van der Waals surface area contributed by atoms with Crippen LogP contribution in [0.25, 0.3) is 0 Å². The number of hydrogen-bond acceptors (Lipinski definition) is 6. The summed E-state index contributed by atoms with van der Waals surface area (Å²) in [4.78, 5) is 38.1. The number of ether oxygens (including phenoxy) is 3. The van der Waals surface area contributed by atoms with Crippen LogP contribution in [-0.4, -0.2) is 37.2 Å². The Morgan fingerprint density at radius 2 is 0.606 bits per heavy atom. The van der Waals surface area contributed by atoms with Gasteiger partial charge < -0.3 is 14.2 Å². The number of rotatable bonds is 48. The average molecular weight is 917 g/mol. The zero-order valence-electron chi connectivity index (χ0n) is 42.9. The standard InChI is InChI=1S/C60H100O6/c1-4-7-10-13-16-19-22-25-28-30-32-35-38-41-44-47-50-53-59(62)65-56-57(55-64-58(61)52-49-46-43-40-37-34-27-24-21-18-15-12-9-6-3)66-60(63)54-51-48-45-42-39-36-33-31-29-26-23-20-17-14-11-8-5-2/h7,9-10,12,16,18-19,21,25-26,28-29,32,35,41,44,57H,4-6,8,11,13-15,17,20,22-24,27,30-31,33-34,36-40,42-43,45-56H2,1-3H3/b10-7-,12-9-,19-16-,21-18-,28-25-,29-26-,35-32-,44-41-. The fraction of sp³-hybridized carbons (Fsp3) is 0.683. The van der Waals surface area contributed by atoms with Crippen molar-refractivity contribution < 1.29 is 28.6 Å². The molecule has 0 saturated carbocycles. The summed E-state index contributed by atoms with van der Waals surface area (Å²) in [5.74, 6) is -0.974. The molecule has 6 heteroatoms. The van der Waals surface area contributed by atoms with Gasteiger partial charge in [-0.1, -0.05) is 214 Å². The monoisotopic (exact) mass is 917 g/mol. The third kappa shape index (κ3) is 51.3. The summed E-state index contributed by atoms with van der Waals surface area (Å²) in [5, 5.41) is 0. The van der Waals surface area contributed by atoms with E-state index in [1.54, 1.807) is 0 Å². The van der Waals surface area contributed by atoms with E-state index in [-0.39, 0.29) is 37.5 Å². The minimum Gasteiger partial charge on any atom is -0.462 e. The lowest BCUT2D eigenvalue weighted by Crippen LogP contribution is -2.30. The van der Waals surface area contributed by atoms with Crippen molar-refractivity contribution in [2.24, 2.45) is 0 Å². The van der Waals surface area contributed by atoms with E-state index in [1.165, 1.54) is 103 Å². The molecular weight excluding hydrogens is 817 g/mol. The number of allylic oxidation sites excluding steroid dienone is 16. The number of unbranched alkanes of at least 4 members (excludes halogenated alkanes) is 21. The van der Waals surface area contributed by atoms with Gasteiger partial charge in [0, 0.05) is 19.3 Å². The second-order valence-corrected chi connectivity index (χ2v) is 17.7. The molecule has 1 atom stereocenters. The number of carbonyl (C=O) groups is 3. The van der Waals surface area contributed by atoms with Crippen molar-refractivity contribution in [2.45, 2.75) is 252 Å². The molecule has 0 rings (SSSR count). The third-order valence-corrected chi connectivity index (χ3v) is 11.3. The van der Waals surface area contributed by atoms with Crippen LogP contribution in [0.2, 0.25) is 0 Å². The molecule has 0 heterocycles. The van der Waals surface area contributed by atoms with Crippen LogP contribution in [-0.2, 0) is 28.6 Å². The minimum absolute atomic E-state index is 0.102. The Balaban J connectivity index is 4.49. The van der Waals surface area contributed by atoms with Gasteiger partial charge in [0.2, 0.25) is 0 Å². The van der Waals surface area contributed by atoms with Crippen molar-refractivity contribution >= 4 is 17.9 Å². The molecule has 0 saturated heterocycles. The molecule has 0 aliphatic rings. The normalized spacial score (nSPS) is 12.8. The Labute approximate surface area is 407 Å². The number of carbonyl (C=O) groups excluding carboxylic acids is 3. The molecule has 6 nitrogen and oxygen atoms in total. The first-order chi connectivity index (χ1) is 32.5. The van der Waals surface area contributed by atoms with E-state index in [4.69, 9.17) is 14.2 Å². The van der Waals surface area contributed by atoms with E-state index < -0.39 is 6.10 Å². The summed E-state index contributed by atoms with van der Waals surface area (Å²) in [6.45, 7) is 6.36. The Hall–Kier alpha value is -3.67. The quantitative estimate of drug-likeness (QED) is 0.0262. The first kappa shape index (κ1) is 62.3. The van der Waals surface area contributed by atoms with Crippen molar-refractivity contribution in [3.8, 4) is 0 Å². The molecule has 0 aromatic rings. The van der Waals surface area contributed by atoms with E-state index in [0.29, 0.717) is 19.3 Å². The van der Waals surface area contributed by atoms with E-state index in [9.17, 15) is 14.4 Å². The second kappa shape index (κ2) is 53.9. The van der Waals surface area contributed by atoms with Gasteiger partial charge in [0.05, 0.1) is 0 Å². The maximum atomic E-state index is 12.8. The van der Waals surface area contributed by atoms with Gasteiger partial charge in [-0.05, 0) is 109 Å². The summed E-state index contributed by atoms with van der Waals surface area (Å²) >= 11 is 0. The maximum Gasteiger partial charge on any atom is 0.306 e. The highest BCUT2D eigenvalue weighted by molar-refractivity contribution is 5.71. The van der Waals surface area contributed by atoms with E-state index in [1.807, 2.05) is 0 Å². The molecule has 0 aliphatic carbocycles. The van der Waals surface area contributed by atoms with Crippen LogP contribution in [0.3, 0.4) is 0 Å². The van der Waals surface area contributed by atoms with Gasteiger partial charge in [-0.15, -0.1) is 0 Å². The van der Waals surface area contributed by atoms with Gasteiger partial charge in [0.1, 0.15) is 13.2 Å². The van der Waals surface area contributed by atoms with Gasteiger partial charge >= 0.3 is 17.9 Å². The van der Waals surface area contributed by atoms with Gasteiger partial charge in [-0.25, -0.2) is 0 Å². The van der Waals surface area contributed by atoms with Crippen molar-refractivity contribution in [2.75, 3.05) is 13.2 Å². The molecule has 1 unspecified atom stereocenters. The lowest BCUT2D eigenvalue weighted by atomic mass is 10.1. The van der Waals surface area contributed by atoms with Crippen LogP contribution in [0, 0.1) is 0 Å². The molecule has 0 radical (unpaired) electrons. The molecule has 0 bridgehead atoms. The van der Waals surface area contributed by atoms with Crippen molar-refractivity contribution in [3.05, 3.63) is 97.2 Å². The Bertz CT molecular complexity index is 1330. The third-order valence-electron chi connectivity index (χ3n) is 11.3. The molecular formula is C60H100O6. The van der Waals surface area contributed by atoms with Crippen molar-refractivity contribution in [1.82, 2.24) is 0 Å². The Morgan fingerprint density at radius 3 is 1.00 bits per heavy atom. The van der Waals surface area contributed by atoms with Crippen LogP contribution in [0.1, 0.15) is 245 Å². The highest BCUT2D eigenvalue weighted by Crippen LogP contribution is 2.14. The summed E-state index contributed by atoms with van der Waals surface area (Å²) in [5.41, 5.74) is 0. The first-order valence-corrected chi connectivity index (χ1v) is 27.2. The van der Waals surface area contributed by atoms with Gasteiger partial charge in [-0.2, -0.15) is 0 Å². The largest absolute Gasteiger partial charge is 0.462 e. The zero-order valence-corrected chi connectivity index (χ0v) is 42.9. The van der Waals surface area contributed by atoms with E-state index in [0.717, 1.165) is 96.3 Å². The summed E-state index contributed by atoms with van der Waals surface area (Å²) in [7, 11) is 0. The molecule has 0 N–H and O–H groups in total. The topological polar surface area (TPSA) is 78.9 Å². The van der Waals surface area contributed by atoms with Gasteiger partial charge in [-0.3, -0.25) is 14.4 Å². The van der Waals surface area contributed by atoms with Crippen LogP contribution < -0.4 is 0 Å². The van der Waals surface area contributed by atoms with E-state index in [2.05, 4.69) is 118 Å². The van der Waals surface area contributed by atoms with Crippen molar-refractivity contribution in [1.29, 1.82) is 0 Å². The summed E-state index contributed by atoms with van der Waals surface area (Å²) in [6, 6.07) is 0. The van der Waals surface area contributed by atoms with Crippen LogP contribution >= 0.6 is 0 Å². The average Bonchev–Trinajstić information content (AvgIpc) is 3.31. The molecule has 66 heavy (non-hydrogen) atoms. The summed E-state index contributed by atoms with van der Waals surface area (Å²) in [6.07, 6.45) is 71.1. The fourth-order valence-electron chi connectivity index (χ4n) is 7.27.